The van der Waals surface area contributed by atoms with E-state index in [4.69, 9.17) is 5.73 Å². The number of halogens is 1. The van der Waals surface area contributed by atoms with E-state index in [1.807, 2.05) is 6.07 Å². The van der Waals surface area contributed by atoms with Gasteiger partial charge in [0.15, 0.2) is 0 Å². The fourth-order valence-electron chi connectivity index (χ4n) is 1.66. The largest absolute Gasteiger partial charge is 0.330 e. The minimum Gasteiger partial charge on any atom is -0.330 e. The summed E-state index contributed by atoms with van der Waals surface area (Å²) in [6.45, 7) is 2.74. The third-order valence-corrected chi connectivity index (χ3v) is 2.37. The van der Waals surface area contributed by atoms with Gasteiger partial charge >= 0.3 is 0 Å². The summed E-state index contributed by atoms with van der Waals surface area (Å²) in [5.41, 5.74) is 7.45. The maximum Gasteiger partial charge on any atom is 0.126 e. The molecule has 0 unspecified atom stereocenters. The van der Waals surface area contributed by atoms with E-state index in [9.17, 15) is 4.39 Å². The SMILES string of the molecule is CCCc1c(F)cccc1CCCN. The molecule has 0 atom stereocenters. The van der Waals surface area contributed by atoms with E-state index in [1.165, 1.54) is 6.07 Å². The molecule has 0 saturated heterocycles. The molecule has 0 fully saturated rings. The quantitative estimate of drug-likeness (QED) is 0.768. The summed E-state index contributed by atoms with van der Waals surface area (Å²) in [4.78, 5) is 0. The van der Waals surface area contributed by atoms with Crippen molar-refractivity contribution in [2.24, 2.45) is 5.73 Å². The molecule has 0 aromatic heterocycles. The molecule has 14 heavy (non-hydrogen) atoms. The van der Waals surface area contributed by atoms with Crippen LogP contribution in [0.25, 0.3) is 0 Å². The van der Waals surface area contributed by atoms with Crippen LogP contribution in [-0.4, -0.2) is 6.54 Å². The summed E-state index contributed by atoms with van der Waals surface area (Å²) in [5, 5.41) is 0. The second kappa shape index (κ2) is 5.76. The second-order valence-corrected chi connectivity index (χ2v) is 3.52. The molecule has 0 aliphatic carbocycles. The van der Waals surface area contributed by atoms with Crippen LogP contribution in [0.1, 0.15) is 30.9 Å². The summed E-state index contributed by atoms with van der Waals surface area (Å²) >= 11 is 0. The van der Waals surface area contributed by atoms with Crippen LogP contribution in [0.4, 0.5) is 4.39 Å². The zero-order chi connectivity index (χ0) is 10.4. The van der Waals surface area contributed by atoms with E-state index in [2.05, 4.69) is 6.92 Å². The molecule has 0 amide bonds. The lowest BCUT2D eigenvalue weighted by molar-refractivity contribution is 0.602. The molecule has 0 aliphatic heterocycles. The normalized spacial score (nSPS) is 10.5. The van der Waals surface area contributed by atoms with Crippen LogP contribution in [0.15, 0.2) is 18.2 Å². The van der Waals surface area contributed by atoms with Crippen molar-refractivity contribution in [2.45, 2.75) is 32.6 Å². The molecule has 0 radical (unpaired) electrons. The first-order valence-electron chi connectivity index (χ1n) is 5.26. The van der Waals surface area contributed by atoms with Crippen LogP contribution in [0, 0.1) is 5.82 Å². The van der Waals surface area contributed by atoms with Crippen molar-refractivity contribution < 1.29 is 4.39 Å². The molecule has 0 aliphatic rings. The molecular weight excluding hydrogens is 177 g/mol. The summed E-state index contributed by atoms with van der Waals surface area (Å²) < 4.78 is 13.4. The van der Waals surface area contributed by atoms with Crippen LogP contribution in [0.2, 0.25) is 0 Å². The molecule has 1 rings (SSSR count). The molecule has 78 valence electrons. The molecule has 2 heteroatoms. The van der Waals surface area contributed by atoms with Gasteiger partial charge in [0.1, 0.15) is 5.82 Å². The van der Waals surface area contributed by atoms with Gasteiger partial charge in [0.05, 0.1) is 0 Å². The Labute approximate surface area is 85.1 Å². The first-order valence-corrected chi connectivity index (χ1v) is 5.26. The Balaban J connectivity index is 2.83. The van der Waals surface area contributed by atoms with Crippen molar-refractivity contribution in [3.8, 4) is 0 Å². The summed E-state index contributed by atoms with van der Waals surface area (Å²) in [6, 6.07) is 5.32. The first-order chi connectivity index (χ1) is 6.79. The lowest BCUT2D eigenvalue weighted by atomic mass is 9.99. The molecule has 0 spiro atoms. The van der Waals surface area contributed by atoms with Gasteiger partial charge in [-0.05, 0) is 43.0 Å². The van der Waals surface area contributed by atoms with E-state index in [1.54, 1.807) is 6.07 Å². The molecule has 1 aromatic rings. The second-order valence-electron chi connectivity index (χ2n) is 3.52. The van der Waals surface area contributed by atoms with Crippen molar-refractivity contribution in [3.63, 3.8) is 0 Å². The Morgan fingerprint density at radius 1 is 1.29 bits per heavy atom. The number of aryl methyl sites for hydroxylation is 1. The minimum atomic E-state index is -0.0682. The standard InChI is InChI=1S/C12H18FN/c1-2-5-11-10(7-4-9-14)6-3-8-12(11)13/h3,6,8H,2,4-5,7,9,14H2,1H3. The van der Waals surface area contributed by atoms with Gasteiger partial charge in [0.25, 0.3) is 0 Å². The van der Waals surface area contributed by atoms with Gasteiger partial charge in [-0.2, -0.15) is 0 Å². The highest BCUT2D eigenvalue weighted by atomic mass is 19.1. The molecule has 0 heterocycles. The maximum atomic E-state index is 13.4. The van der Waals surface area contributed by atoms with Crippen LogP contribution in [0.5, 0.6) is 0 Å². The van der Waals surface area contributed by atoms with E-state index >= 15 is 0 Å². The molecule has 2 N–H and O–H groups in total. The third-order valence-electron chi connectivity index (χ3n) is 2.37. The van der Waals surface area contributed by atoms with Crippen LogP contribution in [0.3, 0.4) is 0 Å². The molecule has 0 saturated carbocycles. The molecule has 1 aromatic carbocycles. The number of hydrogen-bond donors (Lipinski definition) is 1. The number of benzene rings is 1. The van der Waals surface area contributed by atoms with Crippen molar-refractivity contribution in [1.82, 2.24) is 0 Å². The van der Waals surface area contributed by atoms with E-state index in [-0.39, 0.29) is 5.82 Å². The average molecular weight is 195 g/mol. The van der Waals surface area contributed by atoms with Gasteiger partial charge in [0, 0.05) is 0 Å². The Kier molecular flexibility index (Phi) is 4.60. The smallest absolute Gasteiger partial charge is 0.126 e. The van der Waals surface area contributed by atoms with E-state index < -0.39 is 0 Å². The van der Waals surface area contributed by atoms with Gasteiger partial charge in [-0.3, -0.25) is 0 Å². The van der Waals surface area contributed by atoms with Crippen molar-refractivity contribution in [1.29, 1.82) is 0 Å². The minimum absolute atomic E-state index is 0.0682. The summed E-state index contributed by atoms with van der Waals surface area (Å²) in [5.74, 6) is -0.0682. The van der Waals surface area contributed by atoms with Crippen LogP contribution < -0.4 is 5.73 Å². The predicted molar refractivity (Wildman–Crippen MR) is 57.8 cm³/mol. The molecule has 0 bridgehead atoms. The van der Waals surface area contributed by atoms with Crippen LogP contribution in [-0.2, 0) is 12.8 Å². The number of rotatable bonds is 5. The van der Waals surface area contributed by atoms with Gasteiger partial charge in [0.2, 0.25) is 0 Å². The first kappa shape index (κ1) is 11.2. The van der Waals surface area contributed by atoms with Gasteiger partial charge < -0.3 is 5.73 Å². The van der Waals surface area contributed by atoms with Crippen LogP contribution >= 0.6 is 0 Å². The summed E-state index contributed by atoms with van der Waals surface area (Å²) in [7, 11) is 0. The Morgan fingerprint density at radius 2 is 2.07 bits per heavy atom. The zero-order valence-electron chi connectivity index (χ0n) is 8.72. The highest BCUT2D eigenvalue weighted by molar-refractivity contribution is 5.29. The Hall–Kier alpha value is -0.890. The van der Waals surface area contributed by atoms with Crippen molar-refractivity contribution in [2.75, 3.05) is 6.54 Å². The van der Waals surface area contributed by atoms with Gasteiger partial charge in [-0.15, -0.1) is 0 Å². The monoisotopic (exact) mass is 195 g/mol. The predicted octanol–water partition coefficient (Wildman–Crippen LogP) is 2.67. The number of hydrogen-bond acceptors (Lipinski definition) is 1. The number of nitrogens with two attached hydrogens (primary N) is 1. The van der Waals surface area contributed by atoms with Gasteiger partial charge in [-0.1, -0.05) is 25.5 Å². The zero-order valence-corrected chi connectivity index (χ0v) is 8.72. The average Bonchev–Trinajstić information content (AvgIpc) is 2.19. The maximum absolute atomic E-state index is 13.4. The van der Waals surface area contributed by atoms with Crippen molar-refractivity contribution in [3.05, 3.63) is 35.1 Å². The van der Waals surface area contributed by atoms with Gasteiger partial charge in [-0.25, -0.2) is 4.39 Å². The Bertz CT molecular complexity index is 284. The van der Waals surface area contributed by atoms with E-state index in [0.29, 0.717) is 6.54 Å². The third kappa shape index (κ3) is 2.81. The highest BCUT2D eigenvalue weighted by Gasteiger charge is 2.06. The van der Waals surface area contributed by atoms with E-state index in [0.717, 1.165) is 36.8 Å². The molecule has 1 nitrogen and oxygen atoms in total. The topological polar surface area (TPSA) is 26.0 Å². The lowest BCUT2D eigenvalue weighted by Crippen LogP contribution is -2.03. The fourth-order valence-corrected chi connectivity index (χ4v) is 1.66. The van der Waals surface area contributed by atoms with Crippen molar-refractivity contribution >= 4 is 0 Å². The molecular formula is C12H18FN. The Morgan fingerprint density at radius 3 is 2.71 bits per heavy atom. The fraction of sp³-hybridized carbons (Fsp3) is 0.500. The highest BCUT2D eigenvalue weighted by Crippen LogP contribution is 2.16. The lowest BCUT2D eigenvalue weighted by Gasteiger charge is -2.08. The summed E-state index contributed by atoms with van der Waals surface area (Å²) in [6.07, 6.45) is 3.63.